The number of hydrogen-bond donors (Lipinski definition) is 0. The molecule has 0 saturated carbocycles. The van der Waals surface area contributed by atoms with Gasteiger partial charge in [0.1, 0.15) is 6.54 Å². The Morgan fingerprint density at radius 1 is 0.739 bits per heavy atom. The molecule has 1 aliphatic heterocycles. The fraction of sp³-hybridized carbons (Fsp3) is 0.950. The Kier molecular flexibility index (Phi) is 16.8. The molecule has 0 bridgehead atoms. The molecule has 0 aromatic heterocycles. The fourth-order valence-electron chi connectivity index (χ4n) is 3.32. The summed E-state index contributed by atoms with van der Waals surface area (Å²) in [6, 6.07) is 0. The van der Waals surface area contributed by atoms with Gasteiger partial charge in [0.05, 0.1) is 6.92 Å². The first-order valence-electron chi connectivity index (χ1n) is 10.1. The predicted octanol–water partition coefficient (Wildman–Crippen LogP) is 2.93. The Hall–Kier alpha value is -0.0500. The van der Waals surface area contributed by atoms with Gasteiger partial charge in [0.2, 0.25) is 0 Å². The summed E-state index contributed by atoms with van der Waals surface area (Å²) in [5, 5.41) is 0. The summed E-state index contributed by atoms with van der Waals surface area (Å²) in [4.78, 5) is 0. The maximum atomic E-state index is 5.48. The average molecular weight is 390 g/mol. The van der Waals surface area contributed by atoms with Crippen LogP contribution in [0.4, 0.5) is 0 Å². The van der Waals surface area contributed by atoms with Crippen LogP contribution in [0, 0.1) is 0 Å². The summed E-state index contributed by atoms with van der Waals surface area (Å²) >= 11 is 0. The molecule has 1 rings (SSSR count). The highest BCUT2D eigenvalue weighted by molar-refractivity contribution is 5.68. The largest absolute Gasteiger partial charge is 1.00 e. The van der Waals surface area contributed by atoms with Crippen LogP contribution in [-0.4, -0.2) is 30.2 Å². The second-order valence-electron chi connectivity index (χ2n) is 6.95. The molecule has 0 atom stereocenters. The van der Waals surface area contributed by atoms with E-state index >= 15 is 0 Å². The lowest BCUT2D eigenvalue weighted by Crippen LogP contribution is -3.00. The maximum absolute atomic E-state index is 5.48. The van der Waals surface area contributed by atoms with Gasteiger partial charge >= 0.3 is 5.90 Å². The molecule has 138 valence electrons. The molecule has 0 aliphatic carbocycles. The van der Waals surface area contributed by atoms with Gasteiger partial charge in [0.15, 0.2) is 13.2 Å². The fourth-order valence-corrected chi connectivity index (χ4v) is 3.32. The van der Waals surface area contributed by atoms with Gasteiger partial charge in [-0.1, -0.05) is 84.0 Å². The van der Waals surface area contributed by atoms with Crippen LogP contribution in [0.2, 0.25) is 0 Å². The van der Waals surface area contributed by atoms with Crippen molar-refractivity contribution < 1.29 is 26.3 Å². The summed E-state index contributed by atoms with van der Waals surface area (Å²) in [5.74, 6) is 1.13. The van der Waals surface area contributed by atoms with Crippen molar-refractivity contribution in [3.8, 4) is 0 Å². The molecule has 0 unspecified atom stereocenters. The SMILES string of the molecule is CCCCCCCCCCCCCCCC[N+]1=C(C)OCC1.[Br-]. The van der Waals surface area contributed by atoms with Crippen LogP contribution < -0.4 is 17.0 Å². The van der Waals surface area contributed by atoms with Gasteiger partial charge in [-0.3, -0.25) is 0 Å². The zero-order valence-corrected chi connectivity index (χ0v) is 17.3. The molecule has 0 fully saturated rings. The molecular formula is C20H40BrNO. The van der Waals surface area contributed by atoms with Crippen molar-refractivity contribution in [2.45, 2.75) is 104 Å². The van der Waals surface area contributed by atoms with Gasteiger partial charge in [-0.25, -0.2) is 0 Å². The maximum Gasteiger partial charge on any atom is 0.333 e. The molecule has 0 amide bonds. The van der Waals surface area contributed by atoms with Crippen LogP contribution in [0.1, 0.15) is 104 Å². The standard InChI is InChI=1S/C20H40NO.BrH/c1-3-4-5-6-7-8-9-10-11-12-13-14-15-16-17-21-18-19-22-20(21)2;/h3-19H2,1-2H3;1H/q+1;/p-1. The predicted molar refractivity (Wildman–Crippen MR) is 96.9 cm³/mol. The highest BCUT2D eigenvalue weighted by Crippen LogP contribution is 2.13. The van der Waals surface area contributed by atoms with Crippen molar-refractivity contribution >= 4 is 5.90 Å². The van der Waals surface area contributed by atoms with Crippen LogP contribution in [0.25, 0.3) is 0 Å². The molecule has 0 aromatic carbocycles. The number of hydrogen-bond acceptors (Lipinski definition) is 1. The van der Waals surface area contributed by atoms with Crippen LogP contribution >= 0.6 is 0 Å². The quantitative estimate of drug-likeness (QED) is 0.309. The molecule has 2 nitrogen and oxygen atoms in total. The Morgan fingerprint density at radius 3 is 1.57 bits per heavy atom. The van der Waals surface area contributed by atoms with E-state index in [4.69, 9.17) is 4.74 Å². The van der Waals surface area contributed by atoms with Crippen LogP contribution in [0.5, 0.6) is 0 Å². The lowest BCUT2D eigenvalue weighted by atomic mass is 10.0. The molecule has 0 spiro atoms. The summed E-state index contributed by atoms with van der Waals surface area (Å²) in [7, 11) is 0. The third-order valence-corrected chi connectivity index (χ3v) is 4.90. The topological polar surface area (TPSA) is 12.2 Å². The molecule has 0 saturated heterocycles. The first kappa shape index (κ1) is 22.9. The van der Waals surface area contributed by atoms with E-state index in [1.54, 1.807) is 0 Å². The summed E-state index contributed by atoms with van der Waals surface area (Å²) in [5.41, 5.74) is 0. The Morgan fingerprint density at radius 2 is 1.17 bits per heavy atom. The lowest BCUT2D eigenvalue weighted by molar-refractivity contribution is -0.519. The summed E-state index contributed by atoms with van der Waals surface area (Å²) in [6.45, 7) is 7.58. The van der Waals surface area contributed by atoms with E-state index in [2.05, 4.69) is 18.4 Å². The van der Waals surface area contributed by atoms with Crippen molar-refractivity contribution in [2.24, 2.45) is 0 Å². The normalized spacial score (nSPS) is 14.0. The summed E-state index contributed by atoms with van der Waals surface area (Å²) < 4.78 is 7.87. The highest BCUT2D eigenvalue weighted by atomic mass is 79.9. The molecule has 0 aromatic rings. The Bertz CT molecular complexity index is 291. The highest BCUT2D eigenvalue weighted by Gasteiger charge is 2.17. The molecule has 1 heterocycles. The van der Waals surface area contributed by atoms with Crippen molar-refractivity contribution in [1.82, 2.24) is 0 Å². The number of unbranched alkanes of at least 4 members (excludes halogenated alkanes) is 13. The molecule has 0 N–H and O–H groups in total. The number of ether oxygens (including phenoxy) is 1. The van der Waals surface area contributed by atoms with E-state index < -0.39 is 0 Å². The van der Waals surface area contributed by atoms with E-state index in [1.165, 1.54) is 96.4 Å². The van der Waals surface area contributed by atoms with Gasteiger partial charge in [-0.05, 0) is 6.42 Å². The van der Waals surface area contributed by atoms with Crippen LogP contribution in [0.15, 0.2) is 0 Å². The zero-order chi connectivity index (χ0) is 15.9. The lowest BCUT2D eigenvalue weighted by Gasteiger charge is -2.03. The minimum Gasteiger partial charge on any atom is -1.00 e. The van der Waals surface area contributed by atoms with Crippen molar-refractivity contribution in [1.29, 1.82) is 0 Å². The Labute approximate surface area is 155 Å². The van der Waals surface area contributed by atoms with E-state index in [1.807, 2.05) is 0 Å². The third-order valence-electron chi connectivity index (χ3n) is 4.90. The average Bonchev–Trinajstić information content (AvgIpc) is 2.93. The molecule has 1 aliphatic rings. The molecule has 0 radical (unpaired) electrons. The van der Waals surface area contributed by atoms with Gasteiger partial charge < -0.3 is 21.7 Å². The van der Waals surface area contributed by atoms with Gasteiger partial charge in [-0.15, -0.1) is 0 Å². The minimum atomic E-state index is 0. The Balaban J connectivity index is 0.00000484. The monoisotopic (exact) mass is 389 g/mol. The van der Waals surface area contributed by atoms with Crippen molar-refractivity contribution in [3.63, 3.8) is 0 Å². The van der Waals surface area contributed by atoms with Gasteiger partial charge in [-0.2, -0.15) is 4.58 Å². The van der Waals surface area contributed by atoms with E-state index in [9.17, 15) is 0 Å². The van der Waals surface area contributed by atoms with Crippen molar-refractivity contribution in [3.05, 3.63) is 0 Å². The zero-order valence-electron chi connectivity index (χ0n) is 15.8. The van der Waals surface area contributed by atoms with E-state index in [-0.39, 0.29) is 17.0 Å². The molecule has 3 heteroatoms. The van der Waals surface area contributed by atoms with Crippen LogP contribution in [0.3, 0.4) is 0 Å². The summed E-state index contributed by atoms with van der Waals surface area (Å²) in [6.07, 6.45) is 20.1. The second kappa shape index (κ2) is 16.8. The van der Waals surface area contributed by atoms with Crippen molar-refractivity contribution in [2.75, 3.05) is 19.7 Å². The van der Waals surface area contributed by atoms with Crippen LogP contribution in [-0.2, 0) is 4.74 Å². The number of rotatable bonds is 15. The van der Waals surface area contributed by atoms with E-state index in [0.717, 1.165) is 19.0 Å². The second-order valence-corrected chi connectivity index (χ2v) is 6.95. The third kappa shape index (κ3) is 13.0. The number of nitrogens with zero attached hydrogens (tertiary/aromatic N) is 1. The first-order chi connectivity index (χ1) is 10.8. The molecular weight excluding hydrogens is 350 g/mol. The van der Waals surface area contributed by atoms with Gasteiger partial charge in [0, 0.05) is 6.42 Å². The van der Waals surface area contributed by atoms with E-state index in [0.29, 0.717) is 0 Å². The molecule has 23 heavy (non-hydrogen) atoms. The number of halogens is 1. The minimum absolute atomic E-state index is 0. The van der Waals surface area contributed by atoms with Gasteiger partial charge in [0.25, 0.3) is 0 Å². The smallest absolute Gasteiger partial charge is 0.333 e. The first-order valence-corrected chi connectivity index (χ1v) is 10.1.